The summed E-state index contributed by atoms with van der Waals surface area (Å²) in [6.45, 7) is 0. The molecule has 0 atom stereocenters. The maximum atomic E-state index is 8.73. The lowest BCUT2D eigenvalue weighted by atomic mass is 10.3. The molecule has 2 rings (SSSR count). The second kappa shape index (κ2) is 5.94. The van der Waals surface area contributed by atoms with Crippen LogP contribution in [0.4, 0.5) is 0 Å². The Kier molecular flexibility index (Phi) is 4.51. The van der Waals surface area contributed by atoms with Crippen molar-refractivity contribution in [2.24, 2.45) is 0 Å². The number of hydrogen-bond acceptors (Lipinski definition) is 2. The molecule has 0 aliphatic carbocycles. The normalized spacial score (nSPS) is 8.87. The van der Waals surface area contributed by atoms with Crippen molar-refractivity contribution in [3.63, 3.8) is 0 Å². The number of rotatable bonds is 0. The zero-order valence-corrected chi connectivity index (χ0v) is 8.72. The van der Waals surface area contributed by atoms with E-state index in [1.165, 1.54) is 6.07 Å². The van der Waals surface area contributed by atoms with Crippen molar-refractivity contribution in [1.29, 1.82) is 0 Å². The van der Waals surface area contributed by atoms with Crippen LogP contribution in [0.25, 0.3) is 0 Å². The van der Waals surface area contributed by atoms with Crippen LogP contribution in [-0.4, -0.2) is 10.2 Å². The van der Waals surface area contributed by atoms with E-state index in [0.717, 1.165) is 0 Å². The molecule has 0 aromatic heterocycles. The van der Waals surface area contributed by atoms with Crippen molar-refractivity contribution in [2.75, 3.05) is 0 Å². The molecule has 15 heavy (non-hydrogen) atoms. The monoisotopic (exact) mass is 222 g/mol. The number of benzene rings is 2. The first-order valence-electron chi connectivity index (χ1n) is 4.37. The van der Waals surface area contributed by atoms with E-state index in [0.29, 0.717) is 10.8 Å². The fourth-order valence-electron chi connectivity index (χ4n) is 0.904. The fraction of sp³-hybridized carbons (Fsp3) is 0. The molecule has 3 heteroatoms. The standard InChI is InChI=1S/C6H5ClO.C6H6O/c7-5-2-1-3-6(8)4-5;7-6-4-2-1-3-5-6/h1-4,8H;1-5,7H. The molecule has 0 saturated carbocycles. The Balaban J connectivity index is 0.000000151. The van der Waals surface area contributed by atoms with Crippen molar-refractivity contribution >= 4 is 11.6 Å². The minimum Gasteiger partial charge on any atom is -0.508 e. The highest BCUT2D eigenvalue weighted by atomic mass is 35.5. The highest BCUT2D eigenvalue weighted by Crippen LogP contribution is 2.14. The van der Waals surface area contributed by atoms with Crippen LogP contribution in [0.3, 0.4) is 0 Å². The van der Waals surface area contributed by atoms with Gasteiger partial charge in [-0.1, -0.05) is 35.9 Å². The Labute approximate surface area is 93.4 Å². The van der Waals surface area contributed by atoms with E-state index < -0.39 is 0 Å². The molecular formula is C12H11ClO2. The summed E-state index contributed by atoms with van der Waals surface area (Å²) in [6, 6.07) is 15.2. The predicted molar refractivity (Wildman–Crippen MR) is 61.2 cm³/mol. The van der Waals surface area contributed by atoms with Gasteiger partial charge in [-0.15, -0.1) is 0 Å². The molecule has 2 aromatic carbocycles. The van der Waals surface area contributed by atoms with Crippen LogP contribution in [0.15, 0.2) is 54.6 Å². The number of aromatic hydroxyl groups is 2. The summed E-state index contributed by atoms with van der Waals surface area (Å²) in [7, 11) is 0. The van der Waals surface area contributed by atoms with E-state index in [1.807, 2.05) is 6.07 Å². The largest absolute Gasteiger partial charge is 0.508 e. The van der Waals surface area contributed by atoms with Gasteiger partial charge in [0, 0.05) is 5.02 Å². The van der Waals surface area contributed by atoms with E-state index in [2.05, 4.69) is 0 Å². The molecule has 2 aromatic rings. The highest BCUT2D eigenvalue weighted by Gasteiger charge is 1.85. The highest BCUT2D eigenvalue weighted by molar-refractivity contribution is 6.30. The summed E-state index contributed by atoms with van der Waals surface area (Å²) in [4.78, 5) is 0. The van der Waals surface area contributed by atoms with E-state index in [4.69, 9.17) is 21.8 Å². The molecule has 0 aliphatic heterocycles. The van der Waals surface area contributed by atoms with E-state index >= 15 is 0 Å². The Morgan fingerprint density at radius 1 is 0.733 bits per heavy atom. The lowest BCUT2D eigenvalue weighted by Gasteiger charge is -1.88. The van der Waals surface area contributed by atoms with Crippen LogP contribution in [-0.2, 0) is 0 Å². The first-order chi connectivity index (χ1) is 7.18. The first-order valence-corrected chi connectivity index (χ1v) is 4.75. The number of para-hydroxylation sites is 1. The van der Waals surface area contributed by atoms with Crippen LogP contribution in [0.1, 0.15) is 0 Å². The summed E-state index contributed by atoms with van der Waals surface area (Å²) in [5.41, 5.74) is 0. The Morgan fingerprint density at radius 2 is 1.33 bits per heavy atom. The topological polar surface area (TPSA) is 40.5 Å². The molecule has 0 radical (unpaired) electrons. The van der Waals surface area contributed by atoms with Gasteiger partial charge in [0.25, 0.3) is 0 Å². The van der Waals surface area contributed by atoms with Crippen LogP contribution >= 0.6 is 11.6 Å². The number of phenolic OH excluding ortho intramolecular Hbond substituents is 2. The van der Waals surface area contributed by atoms with Gasteiger partial charge in [0.15, 0.2) is 0 Å². The van der Waals surface area contributed by atoms with Crippen LogP contribution in [0.2, 0.25) is 5.02 Å². The van der Waals surface area contributed by atoms with Crippen LogP contribution < -0.4 is 0 Å². The zero-order valence-electron chi connectivity index (χ0n) is 7.97. The Hall–Kier alpha value is -1.67. The van der Waals surface area contributed by atoms with Gasteiger partial charge in [-0.3, -0.25) is 0 Å². The second-order valence-electron chi connectivity index (χ2n) is 2.82. The lowest BCUT2D eigenvalue weighted by molar-refractivity contribution is 0.475. The van der Waals surface area contributed by atoms with Crippen molar-refractivity contribution < 1.29 is 10.2 Å². The quantitative estimate of drug-likeness (QED) is 0.717. The average Bonchev–Trinajstić information content (AvgIpc) is 2.19. The molecule has 78 valence electrons. The maximum absolute atomic E-state index is 8.73. The van der Waals surface area contributed by atoms with Gasteiger partial charge in [0.2, 0.25) is 0 Å². The predicted octanol–water partition coefficient (Wildman–Crippen LogP) is 3.44. The smallest absolute Gasteiger partial charge is 0.117 e. The average molecular weight is 223 g/mol. The summed E-state index contributed by atoms with van der Waals surface area (Å²) < 4.78 is 0. The third-order valence-corrected chi connectivity index (χ3v) is 1.80. The molecule has 0 heterocycles. The van der Waals surface area contributed by atoms with Crippen molar-refractivity contribution in [3.05, 3.63) is 59.6 Å². The molecule has 0 spiro atoms. The van der Waals surface area contributed by atoms with Crippen LogP contribution in [0, 0.1) is 0 Å². The zero-order chi connectivity index (χ0) is 11.1. The molecule has 2 N–H and O–H groups in total. The molecular weight excluding hydrogens is 212 g/mol. The fourth-order valence-corrected chi connectivity index (χ4v) is 1.09. The summed E-state index contributed by atoms with van der Waals surface area (Å²) >= 11 is 5.48. The van der Waals surface area contributed by atoms with E-state index in [-0.39, 0.29) is 5.75 Å². The molecule has 0 fully saturated rings. The van der Waals surface area contributed by atoms with E-state index in [1.54, 1.807) is 42.5 Å². The SMILES string of the molecule is Oc1cccc(Cl)c1.Oc1ccccc1. The van der Waals surface area contributed by atoms with Gasteiger partial charge in [-0.25, -0.2) is 0 Å². The van der Waals surface area contributed by atoms with E-state index in [9.17, 15) is 0 Å². The first kappa shape index (κ1) is 11.4. The van der Waals surface area contributed by atoms with Gasteiger partial charge < -0.3 is 10.2 Å². The second-order valence-corrected chi connectivity index (χ2v) is 3.25. The van der Waals surface area contributed by atoms with Crippen molar-refractivity contribution in [2.45, 2.75) is 0 Å². The molecule has 0 saturated heterocycles. The molecule has 0 aliphatic rings. The maximum Gasteiger partial charge on any atom is 0.117 e. The summed E-state index contributed by atoms with van der Waals surface area (Å²) in [5, 5.41) is 17.9. The van der Waals surface area contributed by atoms with Gasteiger partial charge in [-0.2, -0.15) is 0 Å². The minimum atomic E-state index is 0.206. The molecule has 2 nitrogen and oxygen atoms in total. The minimum absolute atomic E-state index is 0.206. The molecule has 0 unspecified atom stereocenters. The third-order valence-electron chi connectivity index (χ3n) is 1.56. The van der Waals surface area contributed by atoms with Gasteiger partial charge in [-0.05, 0) is 30.3 Å². The van der Waals surface area contributed by atoms with Gasteiger partial charge in [0.1, 0.15) is 11.5 Å². The van der Waals surface area contributed by atoms with Crippen molar-refractivity contribution in [3.8, 4) is 11.5 Å². The van der Waals surface area contributed by atoms with Crippen molar-refractivity contribution in [1.82, 2.24) is 0 Å². The van der Waals surface area contributed by atoms with Gasteiger partial charge >= 0.3 is 0 Å². The Morgan fingerprint density at radius 3 is 1.67 bits per heavy atom. The summed E-state index contributed by atoms with van der Waals surface area (Å²) in [5.74, 6) is 0.528. The van der Waals surface area contributed by atoms with Gasteiger partial charge in [0.05, 0.1) is 0 Å². The van der Waals surface area contributed by atoms with Crippen LogP contribution in [0.5, 0.6) is 11.5 Å². The molecule has 0 bridgehead atoms. The number of phenols is 2. The third kappa shape index (κ3) is 4.93. The number of hydrogen-bond donors (Lipinski definition) is 2. The number of halogens is 1. The molecule has 0 amide bonds. The lowest BCUT2D eigenvalue weighted by Crippen LogP contribution is -1.61. The Bertz CT molecular complexity index is 384. The summed E-state index contributed by atoms with van der Waals surface area (Å²) in [6.07, 6.45) is 0.